The lowest BCUT2D eigenvalue weighted by atomic mass is 10.2. The summed E-state index contributed by atoms with van der Waals surface area (Å²) in [6, 6.07) is 14.4. The third-order valence-electron chi connectivity index (χ3n) is 4.55. The highest BCUT2D eigenvalue weighted by atomic mass is 16.2. The second-order valence-corrected chi connectivity index (χ2v) is 6.22. The van der Waals surface area contributed by atoms with E-state index < -0.39 is 6.04 Å². The van der Waals surface area contributed by atoms with Crippen LogP contribution in [0.1, 0.15) is 23.8 Å². The Balaban J connectivity index is 1.56. The SMILES string of the molecule is C[C@@H]1C[C@@H](NC(=O)c2cccc3nccn23)C(=O)N1c1ccccc1. The molecule has 2 atom stereocenters. The molecule has 6 nitrogen and oxygen atoms in total. The monoisotopic (exact) mass is 334 g/mol. The Morgan fingerprint density at radius 1 is 1.16 bits per heavy atom. The van der Waals surface area contributed by atoms with Gasteiger partial charge in [0.2, 0.25) is 5.91 Å². The van der Waals surface area contributed by atoms with E-state index in [2.05, 4.69) is 10.3 Å². The number of hydrogen-bond acceptors (Lipinski definition) is 3. The molecular formula is C19H18N4O2. The quantitative estimate of drug-likeness (QED) is 0.799. The molecule has 0 aliphatic carbocycles. The van der Waals surface area contributed by atoms with Crippen LogP contribution in [0.5, 0.6) is 0 Å². The van der Waals surface area contributed by atoms with Gasteiger partial charge in [-0.15, -0.1) is 0 Å². The van der Waals surface area contributed by atoms with Crippen LogP contribution in [0.2, 0.25) is 0 Å². The molecule has 0 spiro atoms. The molecule has 1 fully saturated rings. The maximum absolute atomic E-state index is 12.8. The molecule has 4 rings (SSSR count). The predicted molar refractivity (Wildman–Crippen MR) is 94.5 cm³/mol. The van der Waals surface area contributed by atoms with Gasteiger partial charge in [-0.1, -0.05) is 24.3 Å². The van der Waals surface area contributed by atoms with Gasteiger partial charge in [-0.2, -0.15) is 0 Å². The summed E-state index contributed by atoms with van der Waals surface area (Å²) in [6.07, 6.45) is 3.96. The molecule has 126 valence electrons. The van der Waals surface area contributed by atoms with Crippen LogP contribution in [0.15, 0.2) is 60.9 Å². The molecule has 1 saturated heterocycles. The van der Waals surface area contributed by atoms with Crippen molar-refractivity contribution in [1.29, 1.82) is 0 Å². The van der Waals surface area contributed by atoms with Gasteiger partial charge in [-0.3, -0.25) is 14.0 Å². The van der Waals surface area contributed by atoms with Crippen LogP contribution in [-0.4, -0.2) is 33.3 Å². The van der Waals surface area contributed by atoms with E-state index in [1.165, 1.54) is 0 Å². The fraction of sp³-hybridized carbons (Fsp3) is 0.211. The summed E-state index contributed by atoms with van der Waals surface area (Å²) < 4.78 is 1.72. The van der Waals surface area contributed by atoms with Crippen LogP contribution in [0.4, 0.5) is 5.69 Å². The molecule has 0 bridgehead atoms. The molecule has 6 heteroatoms. The number of rotatable bonds is 3. The van der Waals surface area contributed by atoms with E-state index in [-0.39, 0.29) is 17.9 Å². The molecule has 0 saturated carbocycles. The summed E-state index contributed by atoms with van der Waals surface area (Å²) in [5, 5.41) is 2.88. The Hall–Kier alpha value is -3.15. The van der Waals surface area contributed by atoms with E-state index in [0.717, 1.165) is 5.69 Å². The van der Waals surface area contributed by atoms with Gasteiger partial charge in [0.1, 0.15) is 17.4 Å². The van der Waals surface area contributed by atoms with Gasteiger partial charge in [-0.05, 0) is 37.6 Å². The third-order valence-corrected chi connectivity index (χ3v) is 4.55. The van der Waals surface area contributed by atoms with Gasteiger partial charge in [0, 0.05) is 24.1 Å². The van der Waals surface area contributed by atoms with Crippen molar-refractivity contribution in [1.82, 2.24) is 14.7 Å². The summed E-state index contributed by atoms with van der Waals surface area (Å²) >= 11 is 0. The minimum atomic E-state index is -0.526. The van der Waals surface area contributed by atoms with Crippen LogP contribution in [0.25, 0.3) is 5.65 Å². The first-order chi connectivity index (χ1) is 12.1. The van der Waals surface area contributed by atoms with Crippen LogP contribution in [-0.2, 0) is 4.79 Å². The minimum absolute atomic E-state index is 0.0317. The minimum Gasteiger partial charge on any atom is -0.339 e. The van der Waals surface area contributed by atoms with Gasteiger partial charge in [0.05, 0.1) is 0 Å². The molecule has 0 radical (unpaired) electrons. The Kier molecular flexibility index (Phi) is 3.72. The number of nitrogens with one attached hydrogen (secondary N) is 1. The van der Waals surface area contributed by atoms with Crippen LogP contribution in [0.3, 0.4) is 0 Å². The number of benzene rings is 1. The van der Waals surface area contributed by atoms with E-state index in [4.69, 9.17) is 0 Å². The molecule has 2 amide bonds. The number of hydrogen-bond donors (Lipinski definition) is 1. The zero-order chi connectivity index (χ0) is 17.4. The van der Waals surface area contributed by atoms with Crippen LogP contribution in [0, 0.1) is 0 Å². The summed E-state index contributed by atoms with van der Waals surface area (Å²) in [5.41, 5.74) is 2.02. The first-order valence-corrected chi connectivity index (χ1v) is 8.26. The van der Waals surface area contributed by atoms with E-state index in [9.17, 15) is 9.59 Å². The highest BCUT2D eigenvalue weighted by molar-refractivity contribution is 6.04. The second kappa shape index (κ2) is 6.05. The number of anilines is 1. The molecule has 1 aliphatic heterocycles. The number of aromatic nitrogens is 2. The molecule has 1 N–H and O–H groups in total. The molecule has 3 aromatic rings. The maximum atomic E-state index is 12.8. The van der Waals surface area contributed by atoms with Gasteiger partial charge in [0.25, 0.3) is 5.91 Å². The Morgan fingerprint density at radius 3 is 2.76 bits per heavy atom. The average molecular weight is 334 g/mol. The highest BCUT2D eigenvalue weighted by Crippen LogP contribution is 2.26. The number of carbonyl (C=O) groups excluding carboxylic acids is 2. The fourth-order valence-electron chi connectivity index (χ4n) is 3.39. The van der Waals surface area contributed by atoms with Crippen molar-refractivity contribution in [3.8, 4) is 0 Å². The number of pyridine rings is 1. The molecule has 1 aliphatic rings. The summed E-state index contributed by atoms with van der Waals surface area (Å²) in [6.45, 7) is 1.99. The second-order valence-electron chi connectivity index (χ2n) is 6.22. The molecule has 1 aromatic carbocycles. The number of imidazole rings is 1. The van der Waals surface area contributed by atoms with E-state index in [1.54, 1.807) is 33.8 Å². The van der Waals surface area contributed by atoms with Crippen molar-refractivity contribution in [2.24, 2.45) is 0 Å². The predicted octanol–water partition coefficient (Wildman–Crippen LogP) is 2.26. The Morgan fingerprint density at radius 2 is 1.96 bits per heavy atom. The number of amides is 2. The summed E-state index contributed by atoms with van der Waals surface area (Å²) in [7, 11) is 0. The average Bonchev–Trinajstić information content (AvgIpc) is 3.20. The molecular weight excluding hydrogens is 316 g/mol. The van der Waals surface area contributed by atoms with Crippen molar-refractivity contribution in [2.75, 3.05) is 4.90 Å². The molecule has 3 heterocycles. The number of carbonyl (C=O) groups is 2. The normalized spacial score (nSPS) is 20.2. The van der Waals surface area contributed by atoms with Crippen molar-refractivity contribution < 1.29 is 9.59 Å². The Labute approximate surface area is 145 Å². The van der Waals surface area contributed by atoms with E-state index in [0.29, 0.717) is 17.8 Å². The van der Waals surface area contributed by atoms with Crippen LogP contribution >= 0.6 is 0 Å². The number of para-hydroxylation sites is 1. The highest BCUT2D eigenvalue weighted by Gasteiger charge is 2.39. The van der Waals surface area contributed by atoms with Crippen molar-refractivity contribution >= 4 is 23.1 Å². The van der Waals surface area contributed by atoms with Gasteiger partial charge >= 0.3 is 0 Å². The molecule has 0 unspecified atom stereocenters. The first-order valence-electron chi connectivity index (χ1n) is 8.26. The van der Waals surface area contributed by atoms with Crippen molar-refractivity contribution in [2.45, 2.75) is 25.4 Å². The lowest BCUT2D eigenvalue weighted by Crippen LogP contribution is -2.42. The topological polar surface area (TPSA) is 66.7 Å². The summed E-state index contributed by atoms with van der Waals surface area (Å²) in [4.78, 5) is 31.4. The van der Waals surface area contributed by atoms with Gasteiger partial charge in [-0.25, -0.2) is 4.98 Å². The lowest BCUT2D eigenvalue weighted by Gasteiger charge is -2.21. The largest absolute Gasteiger partial charge is 0.339 e. The molecule has 25 heavy (non-hydrogen) atoms. The van der Waals surface area contributed by atoms with E-state index >= 15 is 0 Å². The fourth-order valence-corrected chi connectivity index (χ4v) is 3.39. The lowest BCUT2D eigenvalue weighted by molar-refractivity contribution is -0.118. The number of fused-ring (bicyclic) bond motifs is 1. The molecule has 2 aromatic heterocycles. The van der Waals surface area contributed by atoms with Crippen molar-refractivity contribution in [3.05, 3.63) is 66.6 Å². The third kappa shape index (κ3) is 2.65. The Bertz CT molecular complexity index is 935. The van der Waals surface area contributed by atoms with Crippen LogP contribution < -0.4 is 10.2 Å². The van der Waals surface area contributed by atoms with Gasteiger partial charge < -0.3 is 10.2 Å². The smallest absolute Gasteiger partial charge is 0.268 e. The van der Waals surface area contributed by atoms with E-state index in [1.807, 2.05) is 43.3 Å². The standard InChI is InChI=1S/C19H18N4O2/c1-13-12-15(19(25)23(13)14-6-3-2-4-7-14)21-18(24)16-8-5-9-17-20-10-11-22(16)17/h2-11,13,15H,12H2,1H3,(H,21,24)/t13-,15-/m1/s1. The number of nitrogens with zero attached hydrogens (tertiary/aromatic N) is 3. The summed E-state index contributed by atoms with van der Waals surface area (Å²) in [5.74, 6) is -0.353. The zero-order valence-electron chi connectivity index (χ0n) is 13.8. The van der Waals surface area contributed by atoms with Gasteiger partial charge in [0.15, 0.2) is 0 Å². The van der Waals surface area contributed by atoms with Crippen molar-refractivity contribution in [3.63, 3.8) is 0 Å². The maximum Gasteiger partial charge on any atom is 0.268 e. The first kappa shape index (κ1) is 15.4. The zero-order valence-corrected chi connectivity index (χ0v) is 13.8.